The van der Waals surface area contributed by atoms with E-state index in [1.165, 1.54) is 7.11 Å². The van der Waals surface area contributed by atoms with E-state index < -0.39 is 19.0 Å². The summed E-state index contributed by atoms with van der Waals surface area (Å²) < 4.78 is 27.2. The van der Waals surface area contributed by atoms with Crippen LogP contribution in [0.3, 0.4) is 0 Å². The highest BCUT2D eigenvalue weighted by molar-refractivity contribution is 7.59. The molecule has 0 bridgehead atoms. The summed E-state index contributed by atoms with van der Waals surface area (Å²) >= 11 is 0. The molecule has 0 aliphatic rings. The molecule has 2 rings (SSSR count). The minimum Gasteiger partial charge on any atom is -0.485 e. The minimum absolute atomic E-state index is 0.103. The SMILES string of the molecule is COCP(=O)(N[C@](C)(C(=O)O)C(C)C)N(C)CC[C@@H](Oc1ccccc1C)c1ccccc1. The Labute approximate surface area is 197 Å². The van der Waals surface area contributed by atoms with E-state index >= 15 is 0 Å². The Morgan fingerprint density at radius 2 is 1.76 bits per heavy atom. The molecule has 0 aliphatic carbocycles. The van der Waals surface area contributed by atoms with Gasteiger partial charge in [0.1, 0.15) is 23.7 Å². The normalized spacial score (nSPS) is 16.2. The number of methoxy groups -OCH3 is 1. The smallest absolute Gasteiger partial charge is 0.324 e. The van der Waals surface area contributed by atoms with E-state index in [4.69, 9.17) is 9.47 Å². The number of para-hydroxylation sites is 1. The van der Waals surface area contributed by atoms with Crippen LogP contribution in [0.15, 0.2) is 54.6 Å². The topological polar surface area (TPSA) is 88.1 Å². The van der Waals surface area contributed by atoms with Crippen LogP contribution in [0.25, 0.3) is 0 Å². The van der Waals surface area contributed by atoms with Crippen molar-refractivity contribution in [3.05, 3.63) is 65.7 Å². The average Bonchev–Trinajstić information content (AvgIpc) is 2.78. The van der Waals surface area contributed by atoms with Crippen molar-refractivity contribution >= 4 is 13.4 Å². The van der Waals surface area contributed by atoms with E-state index in [2.05, 4.69) is 5.09 Å². The van der Waals surface area contributed by atoms with Crippen molar-refractivity contribution < 1.29 is 23.9 Å². The lowest BCUT2D eigenvalue weighted by Crippen LogP contribution is -2.54. The van der Waals surface area contributed by atoms with Crippen molar-refractivity contribution in [1.82, 2.24) is 9.76 Å². The Morgan fingerprint density at radius 1 is 1.15 bits per heavy atom. The molecule has 2 aromatic carbocycles. The second kappa shape index (κ2) is 11.8. The number of carboxylic acids is 1. The van der Waals surface area contributed by atoms with Gasteiger partial charge >= 0.3 is 5.97 Å². The summed E-state index contributed by atoms with van der Waals surface area (Å²) in [7, 11) is -0.165. The van der Waals surface area contributed by atoms with Crippen LogP contribution in [0.4, 0.5) is 0 Å². The van der Waals surface area contributed by atoms with Crippen molar-refractivity contribution in [3.8, 4) is 5.75 Å². The summed E-state index contributed by atoms with van der Waals surface area (Å²) in [6.07, 6.45) is 0.186. The van der Waals surface area contributed by atoms with Crippen LogP contribution in [0.5, 0.6) is 5.75 Å². The van der Waals surface area contributed by atoms with Gasteiger partial charge in [0.25, 0.3) is 0 Å². The zero-order valence-electron chi connectivity index (χ0n) is 20.4. The van der Waals surface area contributed by atoms with Crippen LogP contribution in [-0.4, -0.2) is 48.3 Å². The highest BCUT2D eigenvalue weighted by Gasteiger charge is 2.44. The second-order valence-corrected chi connectivity index (χ2v) is 11.4. The van der Waals surface area contributed by atoms with E-state index in [0.29, 0.717) is 13.0 Å². The summed E-state index contributed by atoms with van der Waals surface area (Å²) in [5, 5.41) is 12.8. The van der Waals surface area contributed by atoms with E-state index in [9.17, 15) is 14.5 Å². The lowest BCUT2D eigenvalue weighted by atomic mass is 9.90. The molecule has 0 fully saturated rings. The number of benzene rings is 2. The first kappa shape index (κ1) is 27.1. The predicted octanol–water partition coefficient (Wildman–Crippen LogP) is 5.32. The number of nitrogens with zero attached hydrogens (tertiary/aromatic N) is 1. The van der Waals surface area contributed by atoms with E-state index in [0.717, 1.165) is 16.9 Å². The zero-order chi connectivity index (χ0) is 24.6. The molecule has 0 spiro atoms. The van der Waals surface area contributed by atoms with Gasteiger partial charge in [-0.3, -0.25) is 9.36 Å². The maximum absolute atomic E-state index is 13.9. The van der Waals surface area contributed by atoms with Gasteiger partial charge in [0.2, 0.25) is 7.44 Å². The average molecular weight is 477 g/mol. The van der Waals surface area contributed by atoms with E-state index in [1.54, 1.807) is 32.5 Å². The van der Waals surface area contributed by atoms with Gasteiger partial charge in [0, 0.05) is 20.1 Å². The second-order valence-electron chi connectivity index (χ2n) is 8.85. The highest BCUT2D eigenvalue weighted by atomic mass is 31.2. The van der Waals surface area contributed by atoms with E-state index in [-0.39, 0.29) is 18.4 Å². The Morgan fingerprint density at radius 3 is 2.30 bits per heavy atom. The summed E-state index contributed by atoms with van der Waals surface area (Å²) in [6, 6.07) is 17.7. The first-order chi connectivity index (χ1) is 15.5. The number of ether oxygens (including phenoxy) is 2. The lowest BCUT2D eigenvalue weighted by molar-refractivity contribution is -0.145. The van der Waals surface area contributed by atoms with Gasteiger partial charge in [0.15, 0.2) is 0 Å². The number of nitrogens with one attached hydrogen (secondary N) is 1. The van der Waals surface area contributed by atoms with Crippen LogP contribution in [0, 0.1) is 12.8 Å². The Bertz CT molecular complexity index is 953. The maximum Gasteiger partial charge on any atom is 0.324 e. The monoisotopic (exact) mass is 476 g/mol. The van der Waals surface area contributed by atoms with Gasteiger partial charge < -0.3 is 14.6 Å². The number of hydrogen-bond acceptors (Lipinski definition) is 4. The lowest BCUT2D eigenvalue weighted by Gasteiger charge is -2.38. The summed E-state index contributed by atoms with van der Waals surface area (Å²) in [6.45, 7) is 7.55. The van der Waals surface area contributed by atoms with Crippen LogP contribution in [-0.2, 0) is 14.1 Å². The van der Waals surface area contributed by atoms with Gasteiger partial charge in [-0.05, 0) is 44.0 Å². The summed E-state index contributed by atoms with van der Waals surface area (Å²) in [5.74, 6) is -0.534. The number of carbonyl (C=O) groups is 1. The number of rotatable bonds is 13. The van der Waals surface area contributed by atoms with Gasteiger partial charge in [-0.2, -0.15) is 0 Å². The third-order valence-electron chi connectivity index (χ3n) is 6.11. The van der Waals surface area contributed by atoms with Crippen molar-refractivity contribution in [2.24, 2.45) is 5.92 Å². The number of aryl methyl sites for hydroxylation is 1. The van der Waals surface area contributed by atoms with Crippen LogP contribution in [0.2, 0.25) is 0 Å². The molecule has 0 aromatic heterocycles. The molecule has 3 atom stereocenters. The Kier molecular flexibility index (Phi) is 9.68. The summed E-state index contributed by atoms with van der Waals surface area (Å²) in [5.41, 5.74) is 0.688. The van der Waals surface area contributed by atoms with Crippen molar-refractivity contribution in [3.63, 3.8) is 0 Å². The molecule has 0 heterocycles. The fourth-order valence-corrected chi connectivity index (χ4v) is 5.75. The fraction of sp³-hybridized carbons (Fsp3) is 0.480. The van der Waals surface area contributed by atoms with Crippen molar-refractivity contribution in [2.75, 3.05) is 27.1 Å². The molecule has 7 nitrogen and oxygen atoms in total. The van der Waals surface area contributed by atoms with Gasteiger partial charge in [0.05, 0.1) is 0 Å². The fourth-order valence-electron chi connectivity index (χ4n) is 3.45. The first-order valence-corrected chi connectivity index (χ1v) is 13.0. The third kappa shape index (κ3) is 6.90. The number of hydrogen-bond donors (Lipinski definition) is 2. The summed E-state index contributed by atoms with van der Waals surface area (Å²) in [4.78, 5) is 12.0. The maximum atomic E-state index is 13.9. The molecule has 1 unspecified atom stereocenters. The van der Waals surface area contributed by atoms with Crippen LogP contribution < -0.4 is 9.82 Å². The van der Waals surface area contributed by atoms with Crippen molar-refractivity contribution in [2.45, 2.75) is 45.8 Å². The predicted molar refractivity (Wildman–Crippen MR) is 132 cm³/mol. The zero-order valence-corrected chi connectivity index (χ0v) is 21.3. The molecule has 0 aliphatic heterocycles. The van der Waals surface area contributed by atoms with Gasteiger partial charge in [-0.25, -0.2) is 9.76 Å². The molecular formula is C25H37N2O5P. The standard InChI is InChI=1S/C25H37N2O5P/c1-19(2)25(4,24(28)29)26-33(30,18-31-6)27(5)17-16-23(21-13-8-7-9-14-21)32-22-15-11-10-12-20(22)3/h7-15,19,23H,16-18H2,1-6H3,(H,26,30)(H,28,29)/t23-,25+,33?/m1/s1. The van der Waals surface area contributed by atoms with Gasteiger partial charge in [-0.15, -0.1) is 0 Å². The molecule has 2 aromatic rings. The molecular weight excluding hydrogens is 439 g/mol. The molecule has 0 saturated carbocycles. The van der Waals surface area contributed by atoms with Crippen LogP contribution in [0.1, 0.15) is 44.4 Å². The highest BCUT2D eigenvalue weighted by Crippen LogP contribution is 2.48. The van der Waals surface area contributed by atoms with Gasteiger partial charge in [-0.1, -0.05) is 62.4 Å². The first-order valence-electron chi connectivity index (χ1n) is 11.1. The Hall–Kier alpha value is -2.18. The number of carboxylic acid groups (broad SMARTS) is 1. The molecule has 0 radical (unpaired) electrons. The largest absolute Gasteiger partial charge is 0.485 e. The number of aliphatic carboxylic acids is 1. The molecule has 8 heteroatoms. The third-order valence-corrected chi connectivity index (χ3v) is 8.84. The molecule has 182 valence electrons. The quantitative estimate of drug-likeness (QED) is 0.378. The van der Waals surface area contributed by atoms with E-state index in [1.807, 2.05) is 61.5 Å². The molecule has 0 saturated heterocycles. The minimum atomic E-state index is -3.35. The van der Waals surface area contributed by atoms with Crippen LogP contribution >= 0.6 is 7.44 Å². The molecule has 2 N–H and O–H groups in total. The molecule has 33 heavy (non-hydrogen) atoms. The van der Waals surface area contributed by atoms with Crippen molar-refractivity contribution in [1.29, 1.82) is 0 Å². The Balaban J connectivity index is 2.25. The molecule has 0 amide bonds.